The highest BCUT2D eigenvalue weighted by molar-refractivity contribution is 5.86. The first-order valence-corrected chi connectivity index (χ1v) is 5.25. The van der Waals surface area contributed by atoms with Crippen LogP contribution in [-0.2, 0) is 4.79 Å². The molecule has 3 heteroatoms. The van der Waals surface area contributed by atoms with Crippen LogP contribution in [0.3, 0.4) is 0 Å². The van der Waals surface area contributed by atoms with Crippen molar-refractivity contribution in [2.45, 2.75) is 19.3 Å². The van der Waals surface area contributed by atoms with E-state index in [9.17, 15) is 9.18 Å². The van der Waals surface area contributed by atoms with Crippen LogP contribution in [0.25, 0.3) is 5.57 Å². The zero-order chi connectivity index (χ0) is 11.5. The van der Waals surface area contributed by atoms with Gasteiger partial charge < -0.3 is 4.74 Å². The van der Waals surface area contributed by atoms with Gasteiger partial charge in [-0.15, -0.1) is 0 Å². The van der Waals surface area contributed by atoms with Gasteiger partial charge >= 0.3 is 0 Å². The fourth-order valence-corrected chi connectivity index (χ4v) is 1.84. The third kappa shape index (κ3) is 2.13. The molecule has 0 unspecified atom stereocenters. The molecule has 16 heavy (non-hydrogen) atoms. The van der Waals surface area contributed by atoms with Gasteiger partial charge in [0, 0.05) is 12.8 Å². The Bertz CT molecular complexity index is 449. The van der Waals surface area contributed by atoms with Gasteiger partial charge in [-0.1, -0.05) is 12.1 Å². The van der Waals surface area contributed by atoms with Crippen LogP contribution in [0.1, 0.15) is 24.8 Å². The maximum atomic E-state index is 13.5. The summed E-state index contributed by atoms with van der Waals surface area (Å²) in [5, 5.41) is 0. The lowest BCUT2D eigenvalue weighted by atomic mass is 9.93. The molecule has 0 spiro atoms. The number of allylic oxidation sites excluding steroid dienone is 2. The molecule has 0 aromatic heterocycles. The number of ketones is 1. The number of hydrogen-bond donors (Lipinski definition) is 0. The third-order valence-corrected chi connectivity index (χ3v) is 2.77. The molecule has 1 aromatic carbocycles. The minimum atomic E-state index is -0.363. The van der Waals surface area contributed by atoms with E-state index in [-0.39, 0.29) is 17.3 Å². The van der Waals surface area contributed by atoms with Gasteiger partial charge in [-0.3, -0.25) is 4.79 Å². The first-order valence-electron chi connectivity index (χ1n) is 5.25. The summed E-state index contributed by atoms with van der Waals surface area (Å²) in [6.07, 6.45) is 3.60. The minimum absolute atomic E-state index is 0.247. The van der Waals surface area contributed by atoms with E-state index in [0.29, 0.717) is 19.3 Å². The fourth-order valence-electron chi connectivity index (χ4n) is 1.84. The Labute approximate surface area is 93.7 Å². The lowest BCUT2D eigenvalue weighted by Gasteiger charge is -2.13. The summed E-state index contributed by atoms with van der Waals surface area (Å²) < 4.78 is 18.3. The monoisotopic (exact) mass is 220 g/mol. The first kappa shape index (κ1) is 10.9. The van der Waals surface area contributed by atoms with E-state index < -0.39 is 0 Å². The lowest BCUT2D eigenvalue weighted by molar-refractivity contribution is -0.118. The Morgan fingerprint density at radius 2 is 2.12 bits per heavy atom. The Hall–Kier alpha value is -1.64. The van der Waals surface area contributed by atoms with Crippen molar-refractivity contribution in [2.24, 2.45) is 0 Å². The smallest absolute Gasteiger partial charge is 0.165 e. The van der Waals surface area contributed by atoms with Crippen molar-refractivity contribution in [3.05, 3.63) is 35.7 Å². The van der Waals surface area contributed by atoms with Crippen molar-refractivity contribution >= 4 is 11.4 Å². The molecule has 1 aliphatic rings. The highest BCUT2D eigenvalue weighted by Crippen LogP contribution is 2.28. The SMILES string of the molecule is COc1ccc(C2=CCC(=O)CC2)cc1F. The number of carbonyl (C=O) groups excluding carboxylic acids is 1. The van der Waals surface area contributed by atoms with Gasteiger partial charge in [0.1, 0.15) is 5.78 Å². The van der Waals surface area contributed by atoms with Crippen LogP contribution in [0.5, 0.6) is 5.75 Å². The number of ether oxygens (including phenoxy) is 1. The normalized spacial score (nSPS) is 15.9. The van der Waals surface area contributed by atoms with Gasteiger partial charge in [-0.25, -0.2) is 4.39 Å². The van der Waals surface area contributed by atoms with Gasteiger partial charge in [-0.05, 0) is 29.7 Å². The Balaban J connectivity index is 2.28. The van der Waals surface area contributed by atoms with Gasteiger partial charge in [0.25, 0.3) is 0 Å². The van der Waals surface area contributed by atoms with E-state index >= 15 is 0 Å². The minimum Gasteiger partial charge on any atom is -0.494 e. The molecule has 0 saturated carbocycles. The molecular formula is C13H13FO2. The summed E-state index contributed by atoms with van der Waals surface area (Å²) >= 11 is 0. The van der Waals surface area contributed by atoms with E-state index in [1.54, 1.807) is 6.07 Å². The number of Topliss-reactive ketones (excluding diaryl/α,β-unsaturated/α-hetero) is 1. The standard InChI is InChI=1S/C13H13FO2/c1-16-13-7-4-10(8-12(13)14)9-2-5-11(15)6-3-9/h2,4,7-8H,3,5-6H2,1H3. The molecule has 1 aromatic rings. The number of carbonyl (C=O) groups is 1. The molecule has 2 rings (SSSR count). The molecule has 0 aliphatic heterocycles. The van der Waals surface area contributed by atoms with Gasteiger partial charge in [0.2, 0.25) is 0 Å². The molecule has 0 amide bonds. The fraction of sp³-hybridized carbons (Fsp3) is 0.308. The molecule has 84 valence electrons. The summed E-state index contributed by atoms with van der Waals surface area (Å²) in [4.78, 5) is 11.1. The van der Waals surface area contributed by atoms with Crippen molar-refractivity contribution in [2.75, 3.05) is 7.11 Å². The Morgan fingerprint density at radius 1 is 1.31 bits per heavy atom. The van der Waals surface area contributed by atoms with Crippen molar-refractivity contribution in [3.8, 4) is 5.75 Å². The summed E-state index contributed by atoms with van der Waals surface area (Å²) in [6, 6.07) is 4.89. The molecule has 0 heterocycles. The zero-order valence-electron chi connectivity index (χ0n) is 9.13. The number of hydrogen-bond acceptors (Lipinski definition) is 2. The summed E-state index contributed by atoms with van der Waals surface area (Å²) in [7, 11) is 1.44. The van der Waals surface area contributed by atoms with Gasteiger partial charge in [0.15, 0.2) is 11.6 Å². The van der Waals surface area contributed by atoms with Crippen LogP contribution in [0.15, 0.2) is 24.3 Å². The quantitative estimate of drug-likeness (QED) is 0.765. The largest absolute Gasteiger partial charge is 0.494 e. The van der Waals surface area contributed by atoms with Crippen molar-refractivity contribution in [1.82, 2.24) is 0 Å². The second-order valence-electron chi connectivity index (χ2n) is 3.82. The molecule has 0 N–H and O–H groups in total. The average molecular weight is 220 g/mol. The van der Waals surface area contributed by atoms with Crippen LogP contribution >= 0.6 is 0 Å². The summed E-state index contributed by atoms with van der Waals surface area (Å²) in [6.45, 7) is 0. The predicted octanol–water partition coefficient (Wildman–Crippen LogP) is 2.97. The Morgan fingerprint density at radius 3 is 2.69 bits per heavy atom. The predicted molar refractivity (Wildman–Crippen MR) is 59.8 cm³/mol. The van der Waals surface area contributed by atoms with E-state index in [2.05, 4.69) is 0 Å². The van der Waals surface area contributed by atoms with Crippen LogP contribution in [0, 0.1) is 5.82 Å². The van der Waals surface area contributed by atoms with Gasteiger partial charge in [0.05, 0.1) is 7.11 Å². The number of halogens is 1. The second kappa shape index (κ2) is 4.47. The Kier molecular flexibility index (Phi) is 3.04. The lowest BCUT2D eigenvalue weighted by Crippen LogP contribution is -2.03. The van der Waals surface area contributed by atoms with Crippen LogP contribution < -0.4 is 4.74 Å². The highest BCUT2D eigenvalue weighted by atomic mass is 19.1. The van der Waals surface area contributed by atoms with E-state index in [1.807, 2.05) is 12.1 Å². The second-order valence-corrected chi connectivity index (χ2v) is 3.82. The molecule has 0 atom stereocenters. The maximum Gasteiger partial charge on any atom is 0.165 e. The van der Waals surface area contributed by atoms with Crippen molar-refractivity contribution < 1.29 is 13.9 Å². The third-order valence-electron chi connectivity index (χ3n) is 2.77. The molecule has 2 nitrogen and oxygen atoms in total. The van der Waals surface area contributed by atoms with E-state index in [4.69, 9.17) is 4.74 Å². The topological polar surface area (TPSA) is 26.3 Å². The number of rotatable bonds is 2. The molecular weight excluding hydrogens is 207 g/mol. The zero-order valence-corrected chi connectivity index (χ0v) is 9.13. The molecule has 0 saturated heterocycles. The van der Waals surface area contributed by atoms with E-state index in [1.165, 1.54) is 13.2 Å². The van der Waals surface area contributed by atoms with Crippen LogP contribution in [-0.4, -0.2) is 12.9 Å². The average Bonchev–Trinajstić information content (AvgIpc) is 2.30. The highest BCUT2D eigenvalue weighted by Gasteiger charge is 2.13. The van der Waals surface area contributed by atoms with Gasteiger partial charge in [-0.2, -0.15) is 0 Å². The van der Waals surface area contributed by atoms with E-state index in [0.717, 1.165) is 11.1 Å². The molecule has 0 radical (unpaired) electrons. The number of methoxy groups -OCH3 is 1. The molecule has 0 bridgehead atoms. The molecule has 0 fully saturated rings. The van der Waals surface area contributed by atoms with Crippen LogP contribution in [0.2, 0.25) is 0 Å². The van der Waals surface area contributed by atoms with Crippen LogP contribution in [0.4, 0.5) is 4.39 Å². The van der Waals surface area contributed by atoms with Crippen molar-refractivity contribution in [1.29, 1.82) is 0 Å². The summed E-state index contributed by atoms with van der Waals surface area (Å²) in [5.74, 6) is 0.131. The number of benzene rings is 1. The summed E-state index contributed by atoms with van der Waals surface area (Å²) in [5.41, 5.74) is 1.88. The van der Waals surface area contributed by atoms with Crippen molar-refractivity contribution in [3.63, 3.8) is 0 Å². The maximum absolute atomic E-state index is 13.5. The first-order chi connectivity index (χ1) is 7.70. The molecule has 1 aliphatic carbocycles.